The van der Waals surface area contributed by atoms with Crippen LogP contribution in [0.1, 0.15) is 13.8 Å². The van der Waals surface area contributed by atoms with Crippen molar-refractivity contribution < 1.29 is 21.6 Å². The highest BCUT2D eigenvalue weighted by Gasteiger charge is 2.21. The van der Waals surface area contributed by atoms with E-state index >= 15 is 0 Å². The van der Waals surface area contributed by atoms with Gasteiger partial charge in [0.15, 0.2) is 25.5 Å². The van der Waals surface area contributed by atoms with Gasteiger partial charge in [0.2, 0.25) is 0 Å². The second-order valence-corrected chi connectivity index (χ2v) is 8.63. The number of hydrogen-bond acceptors (Lipinski definition) is 5. The van der Waals surface area contributed by atoms with Gasteiger partial charge < -0.3 is 0 Å². The quantitative estimate of drug-likeness (QED) is 0.813. The lowest BCUT2D eigenvalue weighted by atomic mass is 10.1. The van der Waals surface area contributed by atoms with Crippen LogP contribution in [0.5, 0.6) is 0 Å². The van der Waals surface area contributed by atoms with Gasteiger partial charge >= 0.3 is 0 Å². The van der Waals surface area contributed by atoms with Crippen LogP contribution >= 0.6 is 0 Å². The van der Waals surface area contributed by atoms with Crippen LogP contribution in [-0.4, -0.2) is 34.6 Å². The van der Waals surface area contributed by atoms with Gasteiger partial charge in [-0.3, -0.25) is 4.79 Å². The fourth-order valence-corrected chi connectivity index (χ4v) is 3.39. The van der Waals surface area contributed by atoms with Crippen LogP contribution in [0.4, 0.5) is 0 Å². The highest BCUT2D eigenvalue weighted by atomic mass is 32.2. The maximum atomic E-state index is 11.9. The Bertz CT molecular complexity index is 667. The van der Waals surface area contributed by atoms with E-state index in [2.05, 4.69) is 0 Å². The van der Waals surface area contributed by atoms with Crippen LogP contribution in [0.25, 0.3) is 0 Å². The zero-order valence-corrected chi connectivity index (χ0v) is 12.6. The fourth-order valence-electron chi connectivity index (χ4n) is 1.33. The lowest BCUT2D eigenvalue weighted by molar-refractivity contribution is -0.119. The third-order valence-electron chi connectivity index (χ3n) is 2.59. The van der Waals surface area contributed by atoms with E-state index in [1.54, 1.807) is 13.8 Å². The Morgan fingerprint density at radius 3 is 1.79 bits per heavy atom. The topological polar surface area (TPSA) is 85.3 Å². The number of hydrogen-bond donors (Lipinski definition) is 0. The van der Waals surface area contributed by atoms with Crippen molar-refractivity contribution in [2.75, 3.05) is 12.0 Å². The Balaban J connectivity index is 3.08. The molecule has 0 unspecified atom stereocenters. The molecule has 0 bridgehead atoms. The maximum absolute atomic E-state index is 11.9. The molecule has 7 heteroatoms. The van der Waals surface area contributed by atoms with Gasteiger partial charge in [-0.15, -0.1) is 0 Å². The normalized spacial score (nSPS) is 12.6. The molecule has 106 valence electrons. The lowest BCUT2D eigenvalue weighted by Gasteiger charge is -2.06. The average molecular weight is 304 g/mol. The first-order chi connectivity index (χ1) is 8.54. The monoisotopic (exact) mass is 304 g/mol. The van der Waals surface area contributed by atoms with Crippen LogP contribution in [0.2, 0.25) is 0 Å². The molecule has 0 saturated heterocycles. The van der Waals surface area contributed by atoms with Gasteiger partial charge in [0, 0.05) is 12.2 Å². The van der Waals surface area contributed by atoms with Gasteiger partial charge in [-0.2, -0.15) is 0 Å². The molecule has 1 rings (SSSR count). The zero-order chi connectivity index (χ0) is 14.8. The molecule has 0 amide bonds. The molecule has 0 fully saturated rings. The van der Waals surface area contributed by atoms with E-state index in [1.807, 2.05) is 0 Å². The van der Waals surface area contributed by atoms with Gasteiger partial charge in [0.25, 0.3) is 0 Å². The molecular weight excluding hydrogens is 288 g/mol. The Hall–Kier alpha value is -1.21. The number of rotatable bonds is 5. The fraction of sp³-hybridized carbons (Fsp3) is 0.417. The Kier molecular flexibility index (Phi) is 4.52. The predicted octanol–water partition coefficient (Wildman–Crippen LogP) is 1.09. The van der Waals surface area contributed by atoms with Crippen LogP contribution in [-0.2, 0) is 24.5 Å². The van der Waals surface area contributed by atoms with Crippen LogP contribution < -0.4 is 0 Å². The summed E-state index contributed by atoms with van der Waals surface area (Å²) in [5.74, 6) is -1.29. The molecule has 5 nitrogen and oxygen atoms in total. The van der Waals surface area contributed by atoms with E-state index in [4.69, 9.17) is 0 Å². The van der Waals surface area contributed by atoms with Crippen molar-refractivity contribution in [2.45, 2.75) is 23.6 Å². The molecule has 0 aromatic heterocycles. The third-order valence-corrected chi connectivity index (χ3v) is 5.37. The molecule has 0 aliphatic rings. The molecule has 1 aromatic carbocycles. The molecule has 0 aliphatic heterocycles. The smallest absolute Gasteiger partial charge is 0.185 e. The number of benzene rings is 1. The zero-order valence-electron chi connectivity index (χ0n) is 11.0. The van der Waals surface area contributed by atoms with E-state index in [0.29, 0.717) is 0 Å². The van der Waals surface area contributed by atoms with E-state index in [1.165, 1.54) is 24.3 Å². The molecule has 0 radical (unpaired) electrons. The molecule has 1 aromatic rings. The van der Waals surface area contributed by atoms with Crippen molar-refractivity contribution in [2.24, 2.45) is 5.92 Å². The Morgan fingerprint density at radius 1 is 1.00 bits per heavy atom. The molecule has 0 atom stereocenters. The largest absolute Gasteiger partial charge is 0.298 e. The van der Waals surface area contributed by atoms with Gasteiger partial charge in [-0.25, -0.2) is 16.8 Å². The number of carbonyl (C=O) groups excluding carboxylic acids is 1. The van der Waals surface area contributed by atoms with Crippen LogP contribution in [0.15, 0.2) is 34.1 Å². The minimum atomic E-state index is -3.71. The van der Waals surface area contributed by atoms with E-state index in [9.17, 15) is 21.6 Å². The number of ketones is 1. The van der Waals surface area contributed by atoms with Crippen molar-refractivity contribution in [1.29, 1.82) is 0 Å². The Labute approximate surface area is 113 Å². The van der Waals surface area contributed by atoms with Gasteiger partial charge in [0.1, 0.15) is 5.75 Å². The first-order valence-electron chi connectivity index (χ1n) is 5.59. The van der Waals surface area contributed by atoms with Crippen molar-refractivity contribution in [3.8, 4) is 0 Å². The lowest BCUT2D eigenvalue weighted by Crippen LogP contribution is -2.20. The summed E-state index contributed by atoms with van der Waals surface area (Å²) in [6.07, 6.45) is 1.04. The summed E-state index contributed by atoms with van der Waals surface area (Å²) < 4.78 is 46.4. The van der Waals surface area contributed by atoms with Crippen LogP contribution in [0, 0.1) is 5.92 Å². The minimum Gasteiger partial charge on any atom is -0.298 e. The molecule has 0 heterocycles. The second kappa shape index (κ2) is 5.42. The summed E-state index contributed by atoms with van der Waals surface area (Å²) >= 11 is 0. The summed E-state index contributed by atoms with van der Waals surface area (Å²) in [6, 6.07) is 4.86. The van der Waals surface area contributed by atoms with E-state index < -0.39 is 25.4 Å². The predicted molar refractivity (Wildman–Crippen MR) is 71.4 cm³/mol. The number of Topliss-reactive ketones (excluding diaryl/α,β-unsaturated/α-hetero) is 1. The molecule has 0 aliphatic carbocycles. The molecule has 19 heavy (non-hydrogen) atoms. The highest BCUT2D eigenvalue weighted by molar-refractivity contribution is 7.92. The van der Waals surface area contributed by atoms with Crippen molar-refractivity contribution >= 4 is 25.5 Å². The first kappa shape index (κ1) is 15.8. The van der Waals surface area contributed by atoms with Crippen molar-refractivity contribution in [1.82, 2.24) is 0 Å². The van der Waals surface area contributed by atoms with Crippen molar-refractivity contribution in [3.05, 3.63) is 24.3 Å². The average Bonchev–Trinajstić information content (AvgIpc) is 2.27. The molecular formula is C12H16O5S2. The summed E-state index contributed by atoms with van der Waals surface area (Å²) in [7, 11) is -7.07. The maximum Gasteiger partial charge on any atom is 0.185 e. The van der Waals surface area contributed by atoms with Gasteiger partial charge in [-0.1, -0.05) is 13.8 Å². The van der Waals surface area contributed by atoms with Gasteiger partial charge in [-0.05, 0) is 24.3 Å². The SMILES string of the molecule is CC(C)C(=O)CS(=O)(=O)c1ccc(S(C)(=O)=O)cc1. The van der Waals surface area contributed by atoms with Gasteiger partial charge in [0.05, 0.1) is 9.79 Å². The molecule has 0 spiro atoms. The summed E-state index contributed by atoms with van der Waals surface area (Å²) in [5, 5.41) is 0. The molecule has 0 N–H and O–H groups in total. The standard InChI is InChI=1S/C12H16O5S2/c1-9(2)12(13)8-19(16,17)11-6-4-10(5-7-11)18(3,14)15/h4-7,9H,8H2,1-3H3. The van der Waals surface area contributed by atoms with Crippen molar-refractivity contribution in [3.63, 3.8) is 0 Å². The van der Waals surface area contributed by atoms with Crippen LogP contribution in [0.3, 0.4) is 0 Å². The number of carbonyl (C=O) groups is 1. The number of sulfone groups is 2. The highest BCUT2D eigenvalue weighted by Crippen LogP contribution is 2.16. The Morgan fingerprint density at radius 2 is 1.42 bits per heavy atom. The second-order valence-electron chi connectivity index (χ2n) is 4.62. The third kappa shape index (κ3) is 4.14. The van der Waals surface area contributed by atoms with E-state index in [0.717, 1.165) is 6.26 Å². The summed E-state index contributed by atoms with van der Waals surface area (Å²) in [6.45, 7) is 3.26. The summed E-state index contributed by atoms with van der Waals surface area (Å²) in [5.41, 5.74) is 0. The van der Waals surface area contributed by atoms with E-state index in [-0.39, 0.29) is 21.5 Å². The molecule has 0 saturated carbocycles. The first-order valence-corrected chi connectivity index (χ1v) is 9.14. The summed E-state index contributed by atoms with van der Waals surface area (Å²) in [4.78, 5) is 11.5. The minimum absolute atomic E-state index is 0.0432.